The van der Waals surface area contributed by atoms with Crippen molar-refractivity contribution in [3.8, 4) is 0 Å². The molecule has 18 heavy (non-hydrogen) atoms. The smallest absolute Gasteiger partial charge is 0.223 e. The van der Waals surface area contributed by atoms with Gasteiger partial charge in [-0.05, 0) is 50.2 Å². The molecule has 1 aromatic heterocycles. The maximum atomic E-state index is 11.9. The van der Waals surface area contributed by atoms with Gasteiger partial charge in [0.25, 0.3) is 0 Å². The van der Waals surface area contributed by atoms with Crippen molar-refractivity contribution in [2.45, 2.75) is 39.3 Å². The number of rotatable bonds is 5. The van der Waals surface area contributed by atoms with Crippen LogP contribution in [0.3, 0.4) is 0 Å². The monoisotopic (exact) mass is 266 g/mol. The number of hydrogen-bond donors (Lipinski definition) is 2. The Morgan fingerprint density at radius 3 is 3.06 bits per heavy atom. The topological polar surface area (TPSA) is 62.7 Å². The highest BCUT2D eigenvalue weighted by Crippen LogP contribution is 2.54. The Morgan fingerprint density at radius 2 is 2.39 bits per heavy atom. The first-order valence-corrected chi connectivity index (χ1v) is 7.03. The van der Waals surface area contributed by atoms with Crippen molar-refractivity contribution in [2.75, 3.05) is 0 Å². The van der Waals surface area contributed by atoms with E-state index in [9.17, 15) is 4.79 Å². The fraction of sp³-hybridized carbons (Fsp3) is 0.750. The van der Waals surface area contributed by atoms with Crippen molar-refractivity contribution < 1.29 is 4.79 Å². The first-order chi connectivity index (χ1) is 8.70. The SMILES string of the molecule is CCn1c(CNC(=O)[C@H]2C[C@@H]2C2CC2)n[nH]c1=S. The Balaban J connectivity index is 1.54. The van der Waals surface area contributed by atoms with Crippen LogP contribution in [0.4, 0.5) is 0 Å². The summed E-state index contributed by atoms with van der Waals surface area (Å²) in [6.07, 6.45) is 3.73. The van der Waals surface area contributed by atoms with Gasteiger partial charge < -0.3 is 9.88 Å². The van der Waals surface area contributed by atoms with E-state index in [0.717, 1.165) is 24.7 Å². The number of hydrogen-bond acceptors (Lipinski definition) is 3. The number of H-pyrrole nitrogens is 1. The zero-order valence-corrected chi connectivity index (χ0v) is 11.3. The highest BCUT2D eigenvalue weighted by Gasteiger charge is 2.50. The molecule has 1 amide bonds. The molecule has 2 saturated carbocycles. The summed E-state index contributed by atoms with van der Waals surface area (Å²) in [5.41, 5.74) is 0. The van der Waals surface area contributed by atoms with E-state index in [4.69, 9.17) is 12.2 Å². The van der Waals surface area contributed by atoms with Crippen molar-refractivity contribution >= 4 is 18.1 Å². The molecule has 0 radical (unpaired) electrons. The summed E-state index contributed by atoms with van der Waals surface area (Å²) >= 11 is 5.11. The molecule has 0 spiro atoms. The predicted octanol–water partition coefficient (Wildman–Crippen LogP) is 1.62. The Kier molecular flexibility index (Phi) is 2.97. The van der Waals surface area contributed by atoms with Crippen LogP contribution >= 0.6 is 12.2 Å². The molecular formula is C12H18N4OS. The van der Waals surface area contributed by atoms with Crippen LogP contribution in [0.15, 0.2) is 0 Å². The van der Waals surface area contributed by atoms with Crippen molar-refractivity contribution in [1.29, 1.82) is 0 Å². The molecule has 0 aliphatic heterocycles. The number of aromatic nitrogens is 3. The summed E-state index contributed by atoms with van der Waals surface area (Å²) in [7, 11) is 0. The average molecular weight is 266 g/mol. The third-order valence-corrected chi connectivity index (χ3v) is 4.29. The van der Waals surface area contributed by atoms with Gasteiger partial charge in [-0.1, -0.05) is 0 Å². The third kappa shape index (κ3) is 2.21. The van der Waals surface area contributed by atoms with Crippen molar-refractivity contribution in [1.82, 2.24) is 20.1 Å². The van der Waals surface area contributed by atoms with E-state index in [0.29, 0.717) is 17.2 Å². The summed E-state index contributed by atoms with van der Waals surface area (Å²) in [5, 5.41) is 9.87. The minimum atomic E-state index is 0.184. The number of amides is 1. The molecule has 0 unspecified atom stereocenters. The lowest BCUT2D eigenvalue weighted by Gasteiger charge is -2.05. The van der Waals surface area contributed by atoms with Crippen molar-refractivity contribution in [3.05, 3.63) is 10.6 Å². The minimum Gasteiger partial charge on any atom is -0.349 e. The van der Waals surface area contributed by atoms with Crippen LogP contribution in [0, 0.1) is 22.5 Å². The molecule has 0 aromatic carbocycles. The first kappa shape index (κ1) is 11.9. The van der Waals surface area contributed by atoms with Crippen molar-refractivity contribution in [3.63, 3.8) is 0 Å². The normalized spacial score (nSPS) is 26.1. The van der Waals surface area contributed by atoms with E-state index < -0.39 is 0 Å². The summed E-state index contributed by atoms with van der Waals surface area (Å²) in [6.45, 7) is 3.25. The molecule has 2 atom stereocenters. The number of carbonyl (C=O) groups excluding carboxylic acids is 1. The molecule has 3 rings (SSSR count). The van der Waals surface area contributed by atoms with Gasteiger partial charge in [0.2, 0.25) is 5.91 Å². The fourth-order valence-corrected chi connectivity index (χ4v) is 2.95. The Labute approximate surface area is 111 Å². The van der Waals surface area contributed by atoms with Crippen LogP contribution in [0.5, 0.6) is 0 Å². The minimum absolute atomic E-state index is 0.184. The molecule has 2 aliphatic carbocycles. The van der Waals surface area contributed by atoms with Crippen LogP contribution in [-0.4, -0.2) is 20.7 Å². The van der Waals surface area contributed by atoms with Gasteiger partial charge in [-0.2, -0.15) is 5.10 Å². The molecular weight excluding hydrogens is 248 g/mol. The number of carbonyl (C=O) groups is 1. The van der Waals surface area contributed by atoms with E-state index in [-0.39, 0.29) is 11.8 Å². The van der Waals surface area contributed by atoms with Gasteiger partial charge in [-0.3, -0.25) is 9.89 Å². The summed E-state index contributed by atoms with van der Waals surface area (Å²) < 4.78 is 2.52. The average Bonchev–Trinajstić information content (AvgIpc) is 3.23. The molecule has 2 N–H and O–H groups in total. The highest BCUT2D eigenvalue weighted by molar-refractivity contribution is 7.71. The highest BCUT2D eigenvalue weighted by atomic mass is 32.1. The molecule has 0 bridgehead atoms. The zero-order chi connectivity index (χ0) is 12.7. The van der Waals surface area contributed by atoms with E-state index >= 15 is 0 Å². The van der Waals surface area contributed by atoms with Crippen LogP contribution < -0.4 is 5.32 Å². The fourth-order valence-electron chi connectivity index (χ4n) is 2.67. The van der Waals surface area contributed by atoms with Gasteiger partial charge in [0.15, 0.2) is 10.6 Å². The van der Waals surface area contributed by atoms with Crippen LogP contribution in [0.2, 0.25) is 0 Å². The summed E-state index contributed by atoms with van der Waals surface area (Å²) in [6, 6.07) is 0. The standard InChI is InChI=1S/C12H18N4OS/c1-2-16-10(14-15-12(16)18)6-13-11(17)9-5-8(9)7-3-4-7/h7-9H,2-6H2,1H3,(H,13,17)(H,15,18)/t8-,9+/m1/s1. The second kappa shape index (κ2) is 4.50. The maximum Gasteiger partial charge on any atom is 0.223 e. The first-order valence-electron chi connectivity index (χ1n) is 6.62. The van der Waals surface area contributed by atoms with Crippen LogP contribution in [0.25, 0.3) is 0 Å². The Morgan fingerprint density at radius 1 is 1.61 bits per heavy atom. The van der Waals surface area contributed by atoms with Crippen LogP contribution in [0.1, 0.15) is 32.0 Å². The Hall–Kier alpha value is -1.17. The van der Waals surface area contributed by atoms with Crippen molar-refractivity contribution in [2.24, 2.45) is 17.8 Å². The van der Waals surface area contributed by atoms with E-state index in [1.165, 1.54) is 12.8 Å². The molecule has 0 saturated heterocycles. The molecule has 1 heterocycles. The Bertz CT molecular complexity index is 516. The van der Waals surface area contributed by atoms with Gasteiger partial charge >= 0.3 is 0 Å². The summed E-state index contributed by atoms with van der Waals surface area (Å²) in [5.74, 6) is 2.75. The van der Waals surface area contributed by atoms with E-state index in [1.54, 1.807) is 0 Å². The van der Waals surface area contributed by atoms with E-state index in [1.807, 2.05) is 11.5 Å². The molecule has 5 nitrogen and oxygen atoms in total. The second-order valence-corrected chi connectivity index (χ2v) is 5.64. The summed E-state index contributed by atoms with van der Waals surface area (Å²) in [4.78, 5) is 11.9. The lowest BCUT2D eigenvalue weighted by atomic mass is 10.2. The van der Waals surface area contributed by atoms with Gasteiger partial charge in [0, 0.05) is 12.5 Å². The lowest BCUT2D eigenvalue weighted by molar-refractivity contribution is -0.122. The molecule has 1 aromatic rings. The lowest BCUT2D eigenvalue weighted by Crippen LogP contribution is -2.26. The second-order valence-electron chi connectivity index (χ2n) is 5.25. The van der Waals surface area contributed by atoms with Gasteiger partial charge in [0.05, 0.1) is 6.54 Å². The number of aromatic amines is 1. The van der Waals surface area contributed by atoms with Gasteiger partial charge in [-0.25, -0.2) is 0 Å². The number of nitrogens with one attached hydrogen (secondary N) is 2. The predicted molar refractivity (Wildman–Crippen MR) is 69.3 cm³/mol. The molecule has 6 heteroatoms. The zero-order valence-electron chi connectivity index (χ0n) is 10.5. The quantitative estimate of drug-likeness (QED) is 0.796. The van der Waals surface area contributed by atoms with Gasteiger partial charge in [-0.15, -0.1) is 0 Å². The number of nitrogens with zero attached hydrogens (tertiary/aromatic N) is 2. The van der Waals surface area contributed by atoms with Crippen LogP contribution in [-0.2, 0) is 17.9 Å². The molecule has 98 valence electrons. The van der Waals surface area contributed by atoms with Gasteiger partial charge in [0.1, 0.15) is 0 Å². The largest absolute Gasteiger partial charge is 0.349 e. The van der Waals surface area contributed by atoms with E-state index in [2.05, 4.69) is 15.5 Å². The molecule has 2 fully saturated rings. The third-order valence-electron chi connectivity index (χ3n) is 3.98. The maximum absolute atomic E-state index is 11.9. The molecule has 2 aliphatic rings.